The number of fused-ring (bicyclic) bond motifs is 3. The Kier molecular flexibility index (Phi) is 5.41. The van der Waals surface area contributed by atoms with Crippen molar-refractivity contribution in [2.45, 2.75) is 62.9 Å². The standard InChI is InChI=1S/C19H28N2O3/c22-18(23)21(24)17(14-16-4-2-1-3-5-16)9-13-20-19-10-6-15(7-11-19)8-12-19/h1-5,15,17,20,24H,6-14H2,(H,22,23). The summed E-state index contributed by atoms with van der Waals surface area (Å²) in [7, 11) is 0. The van der Waals surface area contributed by atoms with E-state index in [1.54, 1.807) is 0 Å². The van der Waals surface area contributed by atoms with Gasteiger partial charge in [-0.05, 0) is 69.4 Å². The first-order chi connectivity index (χ1) is 11.6. The number of rotatable bonds is 7. The second-order valence-electron chi connectivity index (χ2n) is 7.45. The molecule has 3 fully saturated rings. The van der Waals surface area contributed by atoms with Crippen LogP contribution in [0.2, 0.25) is 0 Å². The molecule has 0 heterocycles. The zero-order valence-electron chi connectivity index (χ0n) is 14.2. The van der Waals surface area contributed by atoms with Gasteiger partial charge in [-0.2, -0.15) is 5.06 Å². The summed E-state index contributed by atoms with van der Waals surface area (Å²) in [6.45, 7) is 0.743. The summed E-state index contributed by atoms with van der Waals surface area (Å²) < 4.78 is 0. The normalized spacial score (nSPS) is 27.0. The van der Waals surface area contributed by atoms with Crippen molar-refractivity contribution in [1.29, 1.82) is 0 Å². The van der Waals surface area contributed by atoms with Gasteiger partial charge < -0.3 is 10.4 Å². The van der Waals surface area contributed by atoms with E-state index in [0.717, 1.165) is 18.0 Å². The zero-order valence-corrected chi connectivity index (χ0v) is 14.2. The Labute approximate surface area is 143 Å². The Morgan fingerprint density at radius 3 is 2.42 bits per heavy atom. The maximum atomic E-state index is 11.2. The quantitative estimate of drug-likeness (QED) is 0.526. The number of benzene rings is 1. The van der Waals surface area contributed by atoms with Gasteiger partial charge in [0.25, 0.3) is 0 Å². The van der Waals surface area contributed by atoms with Crippen LogP contribution in [0.25, 0.3) is 0 Å². The Morgan fingerprint density at radius 2 is 1.83 bits per heavy atom. The van der Waals surface area contributed by atoms with Crippen molar-refractivity contribution in [3.8, 4) is 0 Å². The van der Waals surface area contributed by atoms with Gasteiger partial charge in [0.15, 0.2) is 0 Å². The van der Waals surface area contributed by atoms with E-state index in [4.69, 9.17) is 5.11 Å². The second-order valence-corrected chi connectivity index (χ2v) is 7.45. The van der Waals surface area contributed by atoms with Crippen molar-refractivity contribution < 1.29 is 15.1 Å². The van der Waals surface area contributed by atoms with E-state index in [1.807, 2.05) is 30.3 Å². The Bertz CT molecular complexity index is 527. The summed E-state index contributed by atoms with van der Waals surface area (Å²) >= 11 is 0. The van der Waals surface area contributed by atoms with Gasteiger partial charge in [0.05, 0.1) is 6.04 Å². The molecule has 3 aliphatic rings. The lowest BCUT2D eigenvalue weighted by atomic mass is 9.66. The van der Waals surface area contributed by atoms with Crippen molar-refractivity contribution >= 4 is 6.09 Å². The van der Waals surface area contributed by atoms with E-state index in [0.29, 0.717) is 17.9 Å². The molecule has 5 nitrogen and oxygen atoms in total. The molecule has 1 atom stereocenters. The second kappa shape index (κ2) is 7.53. The average Bonchev–Trinajstić information content (AvgIpc) is 2.62. The molecule has 0 aromatic heterocycles. The monoisotopic (exact) mass is 332 g/mol. The molecular weight excluding hydrogens is 304 g/mol. The van der Waals surface area contributed by atoms with Gasteiger partial charge in [-0.3, -0.25) is 5.21 Å². The smallest absolute Gasteiger partial charge is 0.431 e. The van der Waals surface area contributed by atoms with Crippen LogP contribution in [0.15, 0.2) is 30.3 Å². The number of hydroxylamine groups is 2. The molecule has 1 unspecified atom stereocenters. The molecule has 3 N–H and O–H groups in total. The molecule has 0 saturated heterocycles. The third-order valence-corrected chi connectivity index (χ3v) is 5.93. The van der Waals surface area contributed by atoms with Gasteiger partial charge in [-0.1, -0.05) is 30.3 Å². The lowest BCUT2D eigenvalue weighted by molar-refractivity contribution is -0.0981. The van der Waals surface area contributed by atoms with E-state index in [9.17, 15) is 10.0 Å². The molecule has 1 aromatic carbocycles. The highest BCUT2D eigenvalue weighted by molar-refractivity contribution is 5.63. The fourth-order valence-electron chi connectivity index (χ4n) is 4.37. The van der Waals surface area contributed by atoms with E-state index in [-0.39, 0.29) is 5.54 Å². The maximum Gasteiger partial charge on any atom is 0.431 e. The lowest BCUT2D eigenvalue weighted by Gasteiger charge is -2.47. The summed E-state index contributed by atoms with van der Waals surface area (Å²) in [6.07, 6.45) is 7.54. The minimum atomic E-state index is -1.28. The molecule has 4 rings (SSSR count). The van der Waals surface area contributed by atoms with E-state index in [2.05, 4.69) is 5.32 Å². The van der Waals surface area contributed by atoms with Crippen LogP contribution in [-0.4, -0.2) is 39.6 Å². The SMILES string of the molecule is O=C(O)N(O)C(CCNC12CCC(CC1)CC2)Cc1ccccc1. The van der Waals surface area contributed by atoms with Crippen LogP contribution in [0.4, 0.5) is 4.79 Å². The Morgan fingerprint density at radius 1 is 1.21 bits per heavy atom. The highest BCUT2D eigenvalue weighted by atomic mass is 16.6. The molecule has 132 valence electrons. The third-order valence-electron chi connectivity index (χ3n) is 5.93. The minimum Gasteiger partial charge on any atom is -0.463 e. The van der Waals surface area contributed by atoms with E-state index < -0.39 is 12.1 Å². The fourth-order valence-corrected chi connectivity index (χ4v) is 4.37. The molecule has 3 saturated carbocycles. The number of amides is 1. The average molecular weight is 332 g/mol. The number of nitrogens with one attached hydrogen (secondary N) is 1. The predicted molar refractivity (Wildman–Crippen MR) is 92.1 cm³/mol. The van der Waals surface area contributed by atoms with Crippen LogP contribution >= 0.6 is 0 Å². The number of carboxylic acid groups (broad SMARTS) is 1. The highest BCUT2D eigenvalue weighted by Crippen LogP contribution is 2.44. The highest BCUT2D eigenvalue weighted by Gasteiger charge is 2.39. The summed E-state index contributed by atoms with van der Waals surface area (Å²) in [5.41, 5.74) is 1.30. The molecule has 0 spiro atoms. The molecule has 0 radical (unpaired) electrons. The fraction of sp³-hybridized carbons (Fsp3) is 0.632. The number of hydrogen-bond acceptors (Lipinski definition) is 3. The summed E-state index contributed by atoms with van der Waals surface area (Å²) in [6, 6.07) is 9.33. The molecule has 1 amide bonds. The van der Waals surface area contributed by atoms with Gasteiger partial charge in [0, 0.05) is 5.54 Å². The van der Waals surface area contributed by atoms with Gasteiger partial charge >= 0.3 is 6.09 Å². The van der Waals surface area contributed by atoms with Gasteiger partial charge in [0.2, 0.25) is 0 Å². The molecule has 2 bridgehead atoms. The van der Waals surface area contributed by atoms with E-state index in [1.165, 1.54) is 38.5 Å². The van der Waals surface area contributed by atoms with Crippen molar-refractivity contribution in [2.24, 2.45) is 5.92 Å². The minimum absolute atomic E-state index is 0.259. The van der Waals surface area contributed by atoms with Gasteiger partial charge in [-0.25, -0.2) is 4.79 Å². The van der Waals surface area contributed by atoms with Crippen molar-refractivity contribution in [2.75, 3.05) is 6.54 Å². The largest absolute Gasteiger partial charge is 0.463 e. The Balaban J connectivity index is 1.56. The molecule has 0 aliphatic heterocycles. The lowest BCUT2D eigenvalue weighted by Crippen LogP contribution is -2.52. The first-order valence-corrected chi connectivity index (χ1v) is 9.08. The maximum absolute atomic E-state index is 11.2. The van der Waals surface area contributed by atoms with Crippen LogP contribution in [0, 0.1) is 5.92 Å². The predicted octanol–water partition coefficient (Wildman–Crippen LogP) is 3.67. The zero-order chi connectivity index (χ0) is 17.0. The summed E-state index contributed by atoms with van der Waals surface area (Å²) in [5, 5.41) is 23.2. The molecule has 5 heteroatoms. The Hall–Kier alpha value is -1.59. The summed E-state index contributed by atoms with van der Waals surface area (Å²) in [5.74, 6) is 0.930. The molecule has 24 heavy (non-hydrogen) atoms. The van der Waals surface area contributed by atoms with Crippen molar-refractivity contribution in [1.82, 2.24) is 10.4 Å². The summed E-state index contributed by atoms with van der Waals surface area (Å²) in [4.78, 5) is 11.2. The first-order valence-electron chi connectivity index (χ1n) is 9.08. The topological polar surface area (TPSA) is 72.8 Å². The van der Waals surface area contributed by atoms with Crippen LogP contribution in [-0.2, 0) is 6.42 Å². The molecule has 3 aliphatic carbocycles. The van der Waals surface area contributed by atoms with Crippen LogP contribution < -0.4 is 5.32 Å². The van der Waals surface area contributed by atoms with Gasteiger partial charge in [-0.15, -0.1) is 0 Å². The number of nitrogens with zero attached hydrogens (tertiary/aromatic N) is 1. The molecule has 1 aromatic rings. The first kappa shape index (κ1) is 17.2. The number of carbonyl (C=O) groups is 1. The third kappa shape index (κ3) is 4.08. The van der Waals surface area contributed by atoms with Crippen LogP contribution in [0.5, 0.6) is 0 Å². The van der Waals surface area contributed by atoms with Crippen LogP contribution in [0.3, 0.4) is 0 Å². The van der Waals surface area contributed by atoms with Crippen LogP contribution in [0.1, 0.15) is 50.5 Å². The van der Waals surface area contributed by atoms with Gasteiger partial charge in [0.1, 0.15) is 0 Å². The van der Waals surface area contributed by atoms with Crippen molar-refractivity contribution in [3.05, 3.63) is 35.9 Å². The number of hydrogen-bond donors (Lipinski definition) is 3. The van der Waals surface area contributed by atoms with E-state index >= 15 is 0 Å². The van der Waals surface area contributed by atoms with Crippen molar-refractivity contribution in [3.63, 3.8) is 0 Å². The molecular formula is C19H28N2O3.